The van der Waals surface area contributed by atoms with E-state index in [1.165, 1.54) is 11.7 Å². The maximum absolute atomic E-state index is 12.3. The summed E-state index contributed by atoms with van der Waals surface area (Å²) in [5, 5.41) is 7.95. The van der Waals surface area contributed by atoms with E-state index >= 15 is 0 Å². The summed E-state index contributed by atoms with van der Waals surface area (Å²) in [6, 6.07) is 6.98. The highest BCUT2D eigenvalue weighted by Gasteiger charge is 2.14. The van der Waals surface area contributed by atoms with Gasteiger partial charge in [0.05, 0.1) is 11.7 Å². The van der Waals surface area contributed by atoms with E-state index in [1.807, 2.05) is 10.8 Å². The van der Waals surface area contributed by atoms with Gasteiger partial charge < -0.3 is 9.88 Å². The molecule has 0 bridgehead atoms. The van der Waals surface area contributed by atoms with Crippen molar-refractivity contribution in [3.05, 3.63) is 59.0 Å². The summed E-state index contributed by atoms with van der Waals surface area (Å²) in [5.41, 5.74) is 0.0360. The van der Waals surface area contributed by atoms with Gasteiger partial charge >= 0.3 is 0 Å². The van der Waals surface area contributed by atoms with Crippen molar-refractivity contribution in [1.29, 1.82) is 0 Å². The van der Waals surface area contributed by atoms with Gasteiger partial charge in [0.1, 0.15) is 0 Å². The number of fused-ring (bicyclic) bond motifs is 1. The summed E-state index contributed by atoms with van der Waals surface area (Å²) in [7, 11) is 1.54. The van der Waals surface area contributed by atoms with Crippen molar-refractivity contribution in [3.63, 3.8) is 0 Å². The van der Waals surface area contributed by atoms with Crippen LogP contribution in [0.25, 0.3) is 10.8 Å². The highest BCUT2D eigenvalue weighted by Crippen LogP contribution is 2.12. The second-order valence-corrected chi connectivity index (χ2v) is 4.88. The van der Waals surface area contributed by atoms with Crippen LogP contribution >= 0.6 is 0 Å². The first kappa shape index (κ1) is 14.0. The lowest BCUT2D eigenvalue weighted by atomic mass is 10.1. The van der Waals surface area contributed by atoms with E-state index in [4.69, 9.17) is 0 Å². The Morgan fingerprint density at radius 1 is 1.27 bits per heavy atom. The summed E-state index contributed by atoms with van der Waals surface area (Å²) < 4.78 is 3.06. The Morgan fingerprint density at radius 3 is 2.77 bits per heavy atom. The van der Waals surface area contributed by atoms with Crippen LogP contribution in [-0.2, 0) is 13.6 Å². The predicted octanol–water partition coefficient (Wildman–Crippen LogP) is 0.560. The van der Waals surface area contributed by atoms with Crippen molar-refractivity contribution in [1.82, 2.24) is 24.6 Å². The van der Waals surface area contributed by atoms with Crippen LogP contribution in [0.15, 0.2) is 47.8 Å². The van der Waals surface area contributed by atoms with E-state index in [0.29, 0.717) is 23.9 Å². The average Bonchev–Trinajstić information content (AvgIpc) is 3.04. The SMILES string of the molecule is Cn1nc(C(=O)NCCn2ccnc2)c2ccccc2c1=O. The summed E-state index contributed by atoms with van der Waals surface area (Å²) in [6.07, 6.45) is 5.20. The summed E-state index contributed by atoms with van der Waals surface area (Å²) in [4.78, 5) is 28.3. The fourth-order valence-corrected chi connectivity index (χ4v) is 2.27. The zero-order valence-electron chi connectivity index (χ0n) is 12.1. The Kier molecular flexibility index (Phi) is 3.69. The Labute approximate surface area is 126 Å². The van der Waals surface area contributed by atoms with Crippen LogP contribution in [-0.4, -0.2) is 31.8 Å². The molecule has 0 saturated carbocycles. The van der Waals surface area contributed by atoms with Crippen LogP contribution in [0.2, 0.25) is 0 Å². The van der Waals surface area contributed by atoms with Crippen LogP contribution in [0, 0.1) is 0 Å². The van der Waals surface area contributed by atoms with Gasteiger partial charge in [-0.3, -0.25) is 9.59 Å². The Balaban J connectivity index is 1.84. The third-order valence-electron chi connectivity index (χ3n) is 3.39. The Bertz CT molecular complexity index is 867. The minimum absolute atomic E-state index is 0.217. The van der Waals surface area contributed by atoms with Crippen LogP contribution in [0.4, 0.5) is 0 Å². The number of aryl methyl sites for hydroxylation is 1. The number of benzene rings is 1. The molecule has 1 aromatic carbocycles. The number of amides is 1. The molecule has 7 heteroatoms. The average molecular weight is 297 g/mol. The molecule has 22 heavy (non-hydrogen) atoms. The van der Waals surface area contributed by atoms with Gasteiger partial charge in [0, 0.05) is 37.9 Å². The van der Waals surface area contributed by atoms with Gasteiger partial charge in [0.2, 0.25) is 0 Å². The lowest BCUT2D eigenvalue weighted by molar-refractivity contribution is 0.0947. The molecular formula is C15H15N5O2. The molecular weight excluding hydrogens is 282 g/mol. The van der Waals surface area contributed by atoms with Gasteiger partial charge in [-0.15, -0.1) is 0 Å². The third-order valence-corrected chi connectivity index (χ3v) is 3.39. The fourth-order valence-electron chi connectivity index (χ4n) is 2.27. The molecule has 0 aliphatic carbocycles. The maximum atomic E-state index is 12.3. The van der Waals surface area contributed by atoms with Gasteiger partial charge in [-0.05, 0) is 6.07 Å². The molecule has 0 aliphatic heterocycles. The molecule has 112 valence electrons. The standard InChI is InChI=1S/C15H15N5O2/c1-19-15(22)12-5-3-2-4-11(12)13(18-19)14(21)17-7-9-20-8-6-16-10-20/h2-6,8,10H,7,9H2,1H3,(H,17,21). The molecule has 3 rings (SSSR count). The minimum atomic E-state index is -0.299. The van der Waals surface area contributed by atoms with Gasteiger partial charge in [-0.25, -0.2) is 9.67 Å². The van der Waals surface area contributed by atoms with E-state index in [9.17, 15) is 9.59 Å². The minimum Gasteiger partial charge on any atom is -0.349 e. The largest absolute Gasteiger partial charge is 0.349 e. The second-order valence-electron chi connectivity index (χ2n) is 4.88. The van der Waals surface area contributed by atoms with Crippen molar-refractivity contribution < 1.29 is 4.79 Å². The second kappa shape index (κ2) is 5.80. The monoisotopic (exact) mass is 297 g/mol. The van der Waals surface area contributed by atoms with Crippen LogP contribution in [0.5, 0.6) is 0 Å². The summed E-state index contributed by atoms with van der Waals surface area (Å²) in [5.74, 6) is -0.299. The highest BCUT2D eigenvalue weighted by molar-refractivity contribution is 6.04. The van der Waals surface area contributed by atoms with Crippen molar-refractivity contribution in [2.24, 2.45) is 7.05 Å². The summed E-state index contributed by atoms with van der Waals surface area (Å²) in [6.45, 7) is 1.07. The van der Waals surface area contributed by atoms with Crippen molar-refractivity contribution in [2.75, 3.05) is 6.54 Å². The quantitative estimate of drug-likeness (QED) is 0.763. The van der Waals surface area contributed by atoms with Gasteiger partial charge in [0.25, 0.3) is 11.5 Å². The first-order valence-corrected chi connectivity index (χ1v) is 6.87. The van der Waals surface area contributed by atoms with Crippen molar-refractivity contribution >= 4 is 16.7 Å². The third kappa shape index (κ3) is 2.60. The molecule has 0 unspecified atom stereocenters. The zero-order valence-corrected chi connectivity index (χ0v) is 12.1. The number of carbonyl (C=O) groups excluding carboxylic acids is 1. The topological polar surface area (TPSA) is 81.8 Å². The first-order chi connectivity index (χ1) is 10.7. The van der Waals surface area contributed by atoms with E-state index in [1.54, 1.807) is 36.8 Å². The fraction of sp³-hybridized carbons (Fsp3) is 0.200. The molecule has 0 spiro atoms. The summed E-state index contributed by atoms with van der Waals surface area (Å²) >= 11 is 0. The first-order valence-electron chi connectivity index (χ1n) is 6.87. The van der Waals surface area contributed by atoms with E-state index < -0.39 is 0 Å². The molecule has 0 radical (unpaired) electrons. The van der Waals surface area contributed by atoms with Crippen LogP contribution < -0.4 is 10.9 Å². The number of aromatic nitrogens is 4. The smallest absolute Gasteiger partial charge is 0.274 e. The van der Waals surface area contributed by atoms with E-state index in [-0.39, 0.29) is 17.2 Å². The number of nitrogens with one attached hydrogen (secondary N) is 1. The maximum Gasteiger partial charge on any atom is 0.274 e. The van der Waals surface area contributed by atoms with Gasteiger partial charge in [-0.2, -0.15) is 5.10 Å². The Hall–Kier alpha value is -2.96. The number of rotatable bonds is 4. The zero-order chi connectivity index (χ0) is 15.5. The molecule has 1 N–H and O–H groups in total. The number of nitrogens with zero attached hydrogens (tertiary/aromatic N) is 4. The lowest BCUT2D eigenvalue weighted by Gasteiger charge is -2.09. The Morgan fingerprint density at radius 2 is 2.05 bits per heavy atom. The molecule has 0 atom stereocenters. The van der Waals surface area contributed by atoms with E-state index in [2.05, 4.69) is 15.4 Å². The van der Waals surface area contributed by atoms with Crippen LogP contribution in [0.3, 0.4) is 0 Å². The molecule has 7 nitrogen and oxygen atoms in total. The molecule has 0 aliphatic rings. The van der Waals surface area contributed by atoms with Crippen LogP contribution in [0.1, 0.15) is 10.5 Å². The molecule has 1 amide bonds. The van der Waals surface area contributed by atoms with E-state index in [0.717, 1.165) is 0 Å². The lowest BCUT2D eigenvalue weighted by Crippen LogP contribution is -2.31. The molecule has 2 heterocycles. The van der Waals surface area contributed by atoms with Gasteiger partial charge in [0.15, 0.2) is 5.69 Å². The van der Waals surface area contributed by atoms with Gasteiger partial charge in [-0.1, -0.05) is 18.2 Å². The predicted molar refractivity (Wildman–Crippen MR) is 81.5 cm³/mol. The molecule has 2 aromatic heterocycles. The number of hydrogen-bond acceptors (Lipinski definition) is 4. The number of hydrogen-bond donors (Lipinski definition) is 1. The highest BCUT2D eigenvalue weighted by atomic mass is 16.2. The molecule has 3 aromatic rings. The number of imidazole rings is 1. The number of carbonyl (C=O) groups is 1. The molecule has 0 saturated heterocycles. The molecule has 0 fully saturated rings. The van der Waals surface area contributed by atoms with Crippen molar-refractivity contribution in [2.45, 2.75) is 6.54 Å². The van der Waals surface area contributed by atoms with Crippen molar-refractivity contribution in [3.8, 4) is 0 Å². The normalized spacial score (nSPS) is 10.8.